The molecule has 2 aromatic carbocycles. The third kappa shape index (κ3) is 5.29. The quantitative estimate of drug-likeness (QED) is 0.571. The van der Waals surface area contributed by atoms with Crippen LogP contribution < -0.4 is 4.74 Å². The lowest BCUT2D eigenvalue weighted by atomic mass is 10.1. The first-order chi connectivity index (χ1) is 13.5. The SMILES string of the molecule is CS(=O)(=O)c1ccc(-c2cc(C(F)(F)F)nc(OCc3ccc([18F])cc3)n2)cc1. The Balaban J connectivity index is 1.94. The molecule has 0 atom stereocenters. The molecular formula is C19H14F4N2O3S. The van der Waals surface area contributed by atoms with Crippen LogP contribution in [0.5, 0.6) is 6.01 Å². The van der Waals surface area contributed by atoms with E-state index in [0.717, 1.165) is 12.3 Å². The normalized spacial score (nSPS) is 12.0. The van der Waals surface area contributed by atoms with Crippen molar-refractivity contribution in [3.8, 4) is 17.3 Å². The summed E-state index contributed by atoms with van der Waals surface area (Å²) in [6.07, 6.45) is -3.71. The van der Waals surface area contributed by atoms with Crippen molar-refractivity contribution in [2.24, 2.45) is 0 Å². The Morgan fingerprint density at radius 3 is 2.14 bits per heavy atom. The van der Waals surface area contributed by atoms with Gasteiger partial charge in [0.15, 0.2) is 15.5 Å². The molecule has 0 aliphatic heterocycles. The molecule has 0 aliphatic rings. The predicted molar refractivity (Wildman–Crippen MR) is 96.3 cm³/mol. The maximum absolute atomic E-state index is 13.2. The summed E-state index contributed by atoms with van der Waals surface area (Å²) < 4.78 is 81.0. The number of aromatic nitrogens is 2. The van der Waals surface area contributed by atoms with Crippen molar-refractivity contribution in [1.29, 1.82) is 0 Å². The second-order valence-corrected chi connectivity index (χ2v) is 8.15. The van der Waals surface area contributed by atoms with Gasteiger partial charge < -0.3 is 4.74 Å². The summed E-state index contributed by atoms with van der Waals surface area (Å²) in [5, 5.41) is 0. The first-order valence-electron chi connectivity index (χ1n) is 8.16. The Kier molecular flexibility index (Phi) is 5.56. The third-order valence-electron chi connectivity index (χ3n) is 3.86. The number of halogens is 4. The maximum Gasteiger partial charge on any atom is 0.433 e. The van der Waals surface area contributed by atoms with Crippen molar-refractivity contribution < 1.29 is 30.7 Å². The fraction of sp³-hybridized carbons (Fsp3) is 0.158. The van der Waals surface area contributed by atoms with Crippen LogP contribution in [0, 0.1) is 5.82 Å². The number of nitrogens with zero attached hydrogens (tertiary/aromatic N) is 2. The van der Waals surface area contributed by atoms with E-state index in [9.17, 15) is 26.0 Å². The number of ether oxygens (including phenoxy) is 1. The van der Waals surface area contributed by atoms with Gasteiger partial charge in [-0.1, -0.05) is 24.3 Å². The van der Waals surface area contributed by atoms with Crippen LogP contribution in [0.1, 0.15) is 11.3 Å². The molecule has 0 saturated heterocycles. The standard InChI is InChI=1S/C19H14F4N2O3S/c1-29(26,27)15-8-4-13(5-9-15)16-10-17(19(21,22)23)25-18(24-16)28-11-12-2-6-14(20)7-3-12/h2-10H,11H2,1H3/i20-1. The highest BCUT2D eigenvalue weighted by Gasteiger charge is 2.34. The largest absolute Gasteiger partial charge is 0.459 e. The molecule has 3 aromatic rings. The molecule has 1 aromatic heterocycles. The summed E-state index contributed by atoms with van der Waals surface area (Å²) in [6, 6.07) is 10.7. The second kappa shape index (κ2) is 7.78. The molecule has 0 bridgehead atoms. The van der Waals surface area contributed by atoms with Gasteiger partial charge in [0, 0.05) is 11.8 Å². The highest BCUT2D eigenvalue weighted by Crippen LogP contribution is 2.32. The van der Waals surface area contributed by atoms with Gasteiger partial charge in [-0.15, -0.1) is 0 Å². The molecular weight excluding hydrogens is 411 g/mol. The van der Waals surface area contributed by atoms with Crippen molar-refractivity contribution in [2.75, 3.05) is 6.26 Å². The molecule has 0 saturated carbocycles. The van der Waals surface area contributed by atoms with Crippen LogP contribution in [0.15, 0.2) is 59.5 Å². The lowest BCUT2D eigenvalue weighted by Gasteiger charge is -2.11. The molecule has 0 N–H and O–H groups in total. The van der Waals surface area contributed by atoms with E-state index in [1.807, 2.05) is 0 Å². The molecule has 1 heterocycles. The first kappa shape index (κ1) is 20.7. The van der Waals surface area contributed by atoms with E-state index in [2.05, 4.69) is 9.97 Å². The highest BCUT2D eigenvalue weighted by atomic mass is 32.2. The zero-order chi connectivity index (χ0) is 21.2. The van der Waals surface area contributed by atoms with Crippen LogP contribution in [0.3, 0.4) is 0 Å². The number of alkyl halides is 3. The number of hydrogen-bond donors (Lipinski definition) is 0. The number of sulfone groups is 1. The highest BCUT2D eigenvalue weighted by molar-refractivity contribution is 7.90. The minimum Gasteiger partial charge on any atom is -0.459 e. The molecule has 0 radical (unpaired) electrons. The molecule has 0 fully saturated rings. The van der Waals surface area contributed by atoms with Crippen LogP contribution in [-0.2, 0) is 22.6 Å². The average molecular weight is 425 g/mol. The van der Waals surface area contributed by atoms with E-state index in [4.69, 9.17) is 4.74 Å². The molecule has 3 rings (SSSR count). The molecule has 5 nitrogen and oxygen atoms in total. The van der Waals surface area contributed by atoms with Crippen molar-refractivity contribution in [1.82, 2.24) is 9.97 Å². The molecule has 152 valence electrons. The summed E-state index contributed by atoms with van der Waals surface area (Å²) in [5.41, 5.74) is -0.506. The number of rotatable bonds is 5. The van der Waals surface area contributed by atoms with Crippen molar-refractivity contribution in [3.05, 3.63) is 71.7 Å². The van der Waals surface area contributed by atoms with Gasteiger partial charge in [0.25, 0.3) is 0 Å². The minimum absolute atomic E-state index is 0.0270. The maximum atomic E-state index is 13.2. The lowest BCUT2D eigenvalue weighted by molar-refractivity contribution is -0.141. The molecule has 0 unspecified atom stereocenters. The van der Waals surface area contributed by atoms with Crippen molar-refractivity contribution in [3.63, 3.8) is 0 Å². The van der Waals surface area contributed by atoms with E-state index >= 15 is 0 Å². The van der Waals surface area contributed by atoms with Gasteiger partial charge in [0.1, 0.15) is 12.4 Å². The first-order valence-corrected chi connectivity index (χ1v) is 10.1. The fourth-order valence-electron chi connectivity index (χ4n) is 2.38. The van der Waals surface area contributed by atoms with E-state index in [0.29, 0.717) is 5.56 Å². The van der Waals surface area contributed by atoms with Crippen molar-refractivity contribution in [2.45, 2.75) is 17.7 Å². The predicted octanol–water partition coefficient (Wildman–Crippen LogP) is 4.28. The second-order valence-electron chi connectivity index (χ2n) is 6.13. The average Bonchev–Trinajstić information content (AvgIpc) is 2.66. The smallest absolute Gasteiger partial charge is 0.433 e. The zero-order valence-corrected chi connectivity index (χ0v) is 15.8. The number of hydrogen-bond acceptors (Lipinski definition) is 5. The Hall–Kier alpha value is -3.01. The summed E-state index contributed by atoms with van der Waals surface area (Å²) in [6.45, 7) is -0.159. The van der Waals surface area contributed by atoms with Gasteiger partial charge in [0.05, 0.1) is 10.6 Å². The number of benzene rings is 2. The van der Waals surface area contributed by atoms with Gasteiger partial charge in [-0.25, -0.2) is 12.8 Å². The van der Waals surface area contributed by atoms with E-state index in [1.165, 1.54) is 48.5 Å². The molecule has 0 amide bonds. The summed E-state index contributed by atoms with van der Waals surface area (Å²) in [4.78, 5) is 7.40. The van der Waals surface area contributed by atoms with Crippen LogP contribution in [0.4, 0.5) is 17.6 Å². The summed E-state index contributed by atoms with van der Waals surface area (Å²) >= 11 is 0. The van der Waals surface area contributed by atoms with Gasteiger partial charge >= 0.3 is 12.2 Å². The molecule has 29 heavy (non-hydrogen) atoms. The van der Waals surface area contributed by atoms with E-state index < -0.39 is 33.5 Å². The third-order valence-corrected chi connectivity index (χ3v) is 4.98. The monoisotopic (exact) mass is 425 g/mol. The van der Waals surface area contributed by atoms with Gasteiger partial charge in [0.2, 0.25) is 0 Å². The van der Waals surface area contributed by atoms with Crippen LogP contribution in [0.25, 0.3) is 11.3 Å². The minimum atomic E-state index is -4.74. The van der Waals surface area contributed by atoms with Crippen LogP contribution >= 0.6 is 0 Å². The molecule has 0 spiro atoms. The fourth-order valence-corrected chi connectivity index (χ4v) is 3.01. The topological polar surface area (TPSA) is 69.2 Å². The Morgan fingerprint density at radius 1 is 0.966 bits per heavy atom. The zero-order valence-electron chi connectivity index (χ0n) is 14.9. The van der Waals surface area contributed by atoms with Gasteiger partial charge in [-0.2, -0.15) is 23.1 Å². The van der Waals surface area contributed by atoms with Gasteiger partial charge in [-0.05, 0) is 35.9 Å². The Morgan fingerprint density at radius 2 is 1.59 bits per heavy atom. The van der Waals surface area contributed by atoms with Crippen LogP contribution in [0.2, 0.25) is 0 Å². The summed E-state index contributed by atoms with van der Waals surface area (Å²) in [7, 11) is -3.45. The molecule has 0 aliphatic carbocycles. The Labute approximate surface area is 163 Å². The van der Waals surface area contributed by atoms with E-state index in [1.54, 1.807) is 0 Å². The lowest BCUT2D eigenvalue weighted by Crippen LogP contribution is -2.11. The molecule has 10 heteroatoms. The Bertz CT molecular complexity index is 1110. The van der Waals surface area contributed by atoms with E-state index in [-0.39, 0.29) is 22.8 Å². The van der Waals surface area contributed by atoms with Crippen molar-refractivity contribution >= 4 is 9.84 Å². The summed E-state index contributed by atoms with van der Waals surface area (Å²) in [5.74, 6) is -0.455. The van der Waals surface area contributed by atoms with Crippen LogP contribution in [-0.4, -0.2) is 24.6 Å². The van der Waals surface area contributed by atoms with Gasteiger partial charge in [-0.3, -0.25) is 0 Å².